The lowest BCUT2D eigenvalue weighted by molar-refractivity contribution is 0.191. The van der Waals surface area contributed by atoms with E-state index >= 15 is 0 Å². The molecule has 0 aromatic heterocycles. The van der Waals surface area contributed by atoms with Crippen LogP contribution in [0, 0.1) is 12.7 Å². The highest BCUT2D eigenvalue weighted by molar-refractivity contribution is 5.50. The first-order valence-electron chi connectivity index (χ1n) is 6.42. The average molecular weight is 275 g/mol. The van der Waals surface area contributed by atoms with Crippen molar-refractivity contribution < 1.29 is 14.2 Å². The maximum atomic E-state index is 13.2. The summed E-state index contributed by atoms with van der Waals surface area (Å²) in [6.45, 7) is 2.21. The Balaban J connectivity index is 2.00. The summed E-state index contributed by atoms with van der Waals surface area (Å²) < 4.78 is 18.2. The quantitative estimate of drug-likeness (QED) is 0.879. The number of aliphatic hydroxyl groups is 1. The van der Waals surface area contributed by atoms with Crippen LogP contribution < -0.4 is 10.1 Å². The van der Waals surface area contributed by atoms with Gasteiger partial charge in [-0.2, -0.15) is 0 Å². The van der Waals surface area contributed by atoms with E-state index in [1.807, 2.05) is 19.1 Å². The lowest BCUT2D eigenvalue weighted by Gasteiger charge is -2.15. The van der Waals surface area contributed by atoms with Crippen LogP contribution in [-0.2, 0) is 0 Å². The number of methoxy groups -OCH3 is 1. The van der Waals surface area contributed by atoms with Crippen molar-refractivity contribution in [1.82, 2.24) is 0 Å². The number of benzene rings is 2. The molecule has 1 atom stereocenters. The number of rotatable bonds is 5. The summed E-state index contributed by atoms with van der Waals surface area (Å²) in [7, 11) is 1.60. The molecule has 4 heteroatoms. The Morgan fingerprint density at radius 3 is 2.55 bits per heavy atom. The molecule has 0 radical (unpaired) electrons. The molecule has 2 aromatic carbocycles. The highest BCUT2D eigenvalue weighted by Crippen LogP contribution is 2.20. The minimum absolute atomic E-state index is 0.294. The topological polar surface area (TPSA) is 41.5 Å². The molecule has 0 bridgehead atoms. The molecule has 2 aromatic rings. The van der Waals surface area contributed by atoms with Gasteiger partial charge in [0.15, 0.2) is 0 Å². The average Bonchev–Trinajstić information content (AvgIpc) is 2.48. The number of halogens is 1. The molecule has 0 aliphatic rings. The molecule has 106 valence electrons. The van der Waals surface area contributed by atoms with Gasteiger partial charge in [-0.1, -0.05) is 18.2 Å². The standard InChI is InChI=1S/C16H18FNO2/c1-11-3-6-13(17)9-15(11)18-10-16(19)12-4-7-14(20-2)8-5-12/h3-9,16,18-19H,10H2,1-2H3. The predicted octanol–water partition coefficient (Wildman–Crippen LogP) is 3.29. The van der Waals surface area contributed by atoms with Gasteiger partial charge in [-0.05, 0) is 42.3 Å². The van der Waals surface area contributed by atoms with Crippen LogP contribution in [0.2, 0.25) is 0 Å². The maximum absolute atomic E-state index is 13.2. The fourth-order valence-electron chi connectivity index (χ4n) is 1.94. The Hall–Kier alpha value is -2.07. The molecule has 20 heavy (non-hydrogen) atoms. The minimum Gasteiger partial charge on any atom is -0.497 e. The summed E-state index contributed by atoms with van der Waals surface area (Å²) in [6.07, 6.45) is -0.663. The first kappa shape index (κ1) is 14.3. The second-order valence-electron chi connectivity index (χ2n) is 4.63. The van der Waals surface area contributed by atoms with Gasteiger partial charge in [0, 0.05) is 12.2 Å². The van der Waals surface area contributed by atoms with E-state index in [0.717, 1.165) is 16.9 Å². The Kier molecular flexibility index (Phi) is 4.58. The van der Waals surface area contributed by atoms with E-state index in [1.165, 1.54) is 12.1 Å². The number of hydrogen-bond donors (Lipinski definition) is 2. The van der Waals surface area contributed by atoms with E-state index in [4.69, 9.17) is 4.74 Å². The SMILES string of the molecule is COc1ccc(C(O)CNc2cc(F)ccc2C)cc1. The van der Waals surface area contributed by atoms with Crippen molar-refractivity contribution in [2.75, 3.05) is 19.0 Å². The summed E-state index contributed by atoms with van der Waals surface area (Å²) >= 11 is 0. The van der Waals surface area contributed by atoms with Gasteiger partial charge < -0.3 is 15.2 Å². The van der Waals surface area contributed by atoms with E-state index in [9.17, 15) is 9.50 Å². The van der Waals surface area contributed by atoms with Gasteiger partial charge >= 0.3 is 0 Å². The zero-order chi connectivity index (χ0) is 14.5. The fraction of sp³-hybridized carbons (Fsp3) is 0.250. The highest BCUT2D eigenvalue weighted by Gasteiger charge is 2.08. The molecule has 0 aliphatic heterocycles. The molecule has 0 fully saturated rings. The van der Waals surface area contributed by atoms with E-state index in [2.05, 4.69) is 5.32 Å². The van der Waals surface area contributed by atoms with E-state index in [0.29, 0.717) is 12.2 Å². The van der Waals surface area contributed by atoms with Gasteiger partial charge in [0.1, 0.15) is 11.6 Å². The number of nitrogens with one attached hydrogen (secondary N) is 1. The second-order valence-corrected chi connectivity index (χ2v) is 4.63. The van der Waals surface area contributed by atoms with Crippen LogP contribution >= 0.6 is 0 Å². The third-order valence-corrected chi connectivity index (χ3v) is 3.19. The summed E-state index contributed by atoms with van der Waals surface area (Å²) in [5.41, 5.74) is 2.42. The Morgan fingerprint density at radius 2 is 1.90 bits per heavy atom. The van der Waals surface area contributed by atoms with Crippen LogP contribution in [-0.4, -0.2) is 18.8 Å². The smallest absolute Gasteiger partial charge is 0.125 e. The van der Waals surface area contributed by atoms with E-state index in [-0.39, 0.29) is 5.82 Å². The zero-order valence-corrected chi connectivity index (χ0v) is 11.6. The molecular weight excluding hydrogens is 257 g/mol. The zero-order valence-electron chi connectivity index (χ0n) is 11.6. The van der Waals surface area contributed by atoms with Crippen LogP contribution in [0.3, 0.4) is 0 Å². The van der Waals surface area contributed by atoms with Crippen molar-refractivity contribution in [3.63, 3.8) is 0 Å². The number of aliphatic hydroxyl groups excluding tert-OH is 1. The van der Waals surface area contributed by atoms with Crippen LogP contribution in [0.15, 0.2) is 42.5 Å². The second kappa shape index (κ2) is 6.39. The minimum atomic E-state index is -0.663. The molecule has 3 nitrogen and oxygen atoms in total. The van der Waals surface area contributed by atoms with Crippen LogP contribution in [0.1, 0.15) is 17.2 Å². The number of hydrogen-bond acceptors (Lipinski definition) is 3. The largest absolute Gasteiger partial charge is 0.497 e. The number of anilines is 1. The van der Waals surface area contributed by atoms with E-state index < -0.39 is 6.10 Å². The first-order chi connectivity index (χ1) is 9.60. The normalized spacial score (nSPS) is 12.0. The van der Waals surface area contributed by atoms with Crippen LogP contribution in [0.25, 0.3) is 0 Å². The molecule has 2 N–H and O–H groups in total. The molecule has 0 aliphatic carbocycles. The Bertz CT molecular complexity index is 569. The van der Waals surface area contributed by atoms with Crippen LogP contribution in [0.5, 0.6) is 5.75 Å². The summed E-state index contributed by atoms with van der Waals surface area (Å²) in [5, 5.41) is 13.2. The molecule has 0 spiro atoms. The Labute approximate surface area is 118 Å². The highest BCUT2D eigenvalue weighted by atomic mass is 19.1. The lowest BCUT2D eigenvalue weighted by atomic mass is 10.1. The summed E-state index contributed by atoms with van der Waals surface area (Å²) in [5.74, 6) is 0.451. The maximum Gasteiger partial charge on any atom is 0.125 e. The van der Waals surface area contributed by atoms with Gasteiger partial charge in [0.2, 0.25) is 0 Å². The molecule has 0 heterocycles. The van der Waals surface area contributed by atoms with Gasteiger partial charge in [0.05, 0.1) is 13.2 Å². The number of aryl methyl sites for hydroxylation is 1. The fourth-order valence-corrected chi connectivity index (χ4v) is 1.94. The Morgan fingerprint density at radius 1 is 1.20 bits per heavy atom. The van der Waals surface area contributed by atoms with Crippen molar-refractivity contribution >= 4 is 5.69 Å². The van der Waals surface area contributed by atoms with Crippen molar-refractivity contribution in [2.45, 2.75) is 13.0 Å². The van der Waals surface area contributed by atoms with Gasteiger partial charge in [-0.25, -0.2) is 4.39 Å². The molecule has 0 saturated heterocycles. The third-order valence-electron chi connectivity index (χ3n) is 3.19. The lowest BCUT2D eigenvalue weighted by Crippen LogP contribution is -2.12. The van der Waals surface area contributed by atoms with Gasteiger partial charge in [0.25, 0.3) is 0 Å². The molecule has 2 rings (SSSR count). The van der Waals surface area contributed by atoms with E-state index in [1.54, 1.807) is 25.3 Å². The number of ether oxygens (including phenoxy) is 1. The molecule has 1 unspecified atom stereocenters. The van der Waals surface area contributed by atoms with Gasteiger partial charge in [-0.15, -0.1) is 0 Å². The monoisotopic (exact) mass is 275 g/mol. The van der Waals surface area contributed by atoms with Crippen molar-refractivity contribution in [1.29, 1.82) is 0 Å². The van der Waals surface area contributed by atoms with Crippen molar-refractivity contribution in [2.24, 2.45) is 0 Å². The first-order valence-corrected chi connectivity index (χ1v) is 6.42. The third kappa shape index (κ3) is 3.48. The van der Waals surface area contributed by atoms with Crippen molar-refractivity contribution in [3.8, 4) is 5.75 Å². The van der Waals surface area contributed by atoms with Crippen LogP contribution in [0.4, 0.5) is 10.1 Å². The summed E-state index contributed by atoms with van der Waals surface area (Å²) in [6, 6.07) is 11.8. The van der Waals surface area contributed by atoms with Gasteiger partial charge in [-0.3, -0.25) is 0 Å². The molecule has 0 saturated carbocycles. The van der Waals surface area contributed by atoms with Crippen molar-refractivity contribution in [3.05, 3.63) is 59.4 Å². The molecule has 0 amide bonds. The summed E-state index contributed by atoms with van der Waals surface area (Å²) in [4.78, 5) is 0. The molecular formula is C16H18FNO2. The predicted molar refractivity (Wildman–Crippen MR) is 77.6 cm³/mol.